The van der Waals surface area contributed by atoms with Crippen LogP contribution in [-0.4, -0.2) is 44.7 Å². The minimum Gasteiger partial charge on any atom is -0.481 e. The standard InChI is InChI=1S/C27H44O5/c1-15(5-8-22(29)16(2)25(31)32)19-6-7-20-24-21(10-12-27(19,20)4)26(3)11-9-18(28)13-17(26)14-23(24)30/h14-16,18-24,28-30H,5-13H2,1-4H3,(H,31,32)/t15-,16-,18+,19-,20+,21+,22?,23+,24+,26+,27-/m1/s1. The Hall–Kier alpha value is -0.910. The summed E-state index contributed by atoms with van der Waals surface area (Å²) >= 11 is 0. The molecule has 0 spiro atoms. The summed E-state index contributed by atoms with van der Waals surface area (Å²) in [6.45, 7) is 8.69. The molecule has 11 atom stereocenters. The van der Waals surface area contributed by atoms with Gasteiger partial charge in [0, 0.05) is 0 Å². The molecule has 3 fully saturated rings. The van der Waals surface area contributed by atoms with Gasteiger partial charge in [-0.15, -0.1) is 0 Å². The second-order valence-corrected chi connectivity index (χ2v) is 12.3. The van der Waals surface area contributed by atoms with E-state index >= 15 is 0 Å². The highest BCUT2D eigenvalue weighted by Gasteiger charge is 2.61. The zero-order valence-electron chi connectivity index (χ0n) is 20.3. The van der Waals surface area contributed by atoms with Gasteiger partial charge in [-0.25, -0.2) is 0 Å². The van der Waals surface area contributed by atoms with E-state index in [9.17, 15) is 25.2 Å². The van der Waals surface area contributed by atoms with Crippen LogP contribution in [0.3, 0.4) is 0 Å². The van der Waals surface area contributed by atoms with Crippen LogP contribution in [0.4, 0.5) is 0 Å². The lowest BCUT2D eigenvalue weighted by Gasteiger charge is -2.59. The molecule has 0 aromatic heterocycles. The third-order valence-electron chi connectivity index (χ3n) is 10.7. The molecule has 0 aromatic rings. The van der Waals surface area contributed by atoms with Crippen molar-refractivity contribution in [2.24, 2.45) is 46.3 Å². The van der Waals surface area contributed by atoms with Gasteiger partial charge in [-0.1, -0.05) is 32.4 Å². The SMILES string of the molecule is C[C@H](CCC(O)[C@@H](C)C(=O)O)[C@H]1CC[C@H]2[C@@H]3[C@@H](O)C=C4C[C@@H](O)CC[C@]4(C)[C@H]3CC[C@]12C. The molecule has 4 N–H and O–H groups in total. The molecule has 0 bridgehead atoms. The van der Waals surface area contributed by atoms with Crippen LogP contribution >= 0.6 is 0 Å². The van der Waals surface area contributed by atoms with E-state index < -0.39 is 24.1 Å². The topological polar surface area (TPSA) is 98.0 Å². The van der Waals surface area contributed by atoms with Crippen molar-refractivity contribution in [2.75, 3.05) is 0 Å². The lowest BCUT2D eigenvalue weighted by Crippen LogP contribution is -2.55. The first-order valence-corrected chi connectivity index (χ1v) is 13.0. The van der Waals surface area contributed by atoms with Gasteiger partial charge in [-0.3, -0.25) is 4.79 Å². The average Bonchev–Trinajstić information content (AvgIpc) is 3.09. The van der Waals surface area contributed by atoms with E-state index in [1.165, 1.54) is 12.0 Å². The summed E-state index contributed by atoms with van der Waals surface area (Å²) in [6.07, 6.45) is 9.27. The fourth-order valence-corrected chi connectivity index (χ4v) is 8.65. The summed E-state index contributed by atoms with van der Waals surface area (Å²) in [6, 6.07) is 0. The van der Waals surface area contributed by atoms with E-state index in [0.717, 1.165) is 44.9 Å². The predicted molar refractivity (Wildman–Crippen MR) is 124 cm³/mol. The maximum Gasteiger partial charge on any atom is 0.308 e. The van der Waals surface area contributed by atoms with Crippen LogP contribution in [-0.2, 0) is 4.79 Å². The summed E-state index contributed by atoms with van der Waals surface area (Å²) in [7, 11) is 0. The number of aliphatic hydroxyl groups excluding tert-OH is 3. The number of hydrogen-bond acceptors (Lipinski definition) is 4. The highest BCUT2D eigenvalue weighted by molar-refractivity contribution is 5.70. The van der Waals surface area contributed by atoms with Gasteiger partial charge >= 0.3 is 5.97 Å². The van der Waals surface area contributed by atoms with Crippen LogP contribution in [0, 0.1) is 46.3 Å². The Labute approximate surface area is 193 Å². The van der Waals surface area contributed by atoms with E-state index in [-0.39, 0.29) is 16.9 Å². The maximum atomic E-state index is 11.3. The smallest absolute Gasteiger partial charge is 0.308 e. The number of carboxylic acid groups (broad SMARTS) is 1. The normalized spacial score (nSPS) is 46.3. The molecular weight excluding hydrogens is 404 g/mol. The van der Waals surface area contributed by atoms with Crippen molar-refractivity contribution in [3.8, 4) is 0 Å². The number of hydrogen-bond donors (Lipinski definition) is 4. The minimum atomic E-state index is -0.932. The molecule has 32 heavy (non-hydrogen) atoms. The molecule has 1 unspecified atom stereocenters. The molecule has 5 heteroatoms. The maximum absolute atomic E-state index is 11.3. The Balaban J connectivity index is 1.49. The molecule has 0 radical (unpaired) electrons. The number of fused-ring (bicyclic) bond motifs is 5. The number of aliphatic hydroxyl groups is 3. The summed E-state index contributed by atoms with van der Waals surface area (Å²) < 4.78 is 0. The fraction of sp³-hybridized carbons (Fsp3) is 0.889. The van der Waals surface area contributed by atoms with Crippen LogP contribution in [0.1, 0.15) is 85.5 Å². The summed E-state index contributed by atoms with van der Waals surface area (Å²) in [4.78, 5) is 11.2. The summed E-state index contributed by atoms with van der Waals surface area (Å²) in [5.41, 5.74) is 1.60. The molecule has 4 aliphatic carbocycles. The summed E-state index contributed by atoms with van der Waals surface area (Å²) in [5, 5.41) is 40.9. The number of carbonyl (C=O) groups is 1. The van der Waals surface area contributed by atoms with E-state index in [1.54, 1.807) is 6.92 Å². The molecule has 0 heterocycles. The van der Waals surface area contributed by atoms with Crippen molar-refractivity contribution in [1.29, 1.82) is 0 Å². The Morgan fingerprint density at radius 3 is 2.47 bits per heavy atom. The first-order chi connectivity index (χ1) is 15.0. The first-order valence-electron chi connectivity index (χ1n) is 13.0. The van der Waals surface area contributed by atoms with Gasteiger partial charge in [-0.05, 0) is 105 Å². The highest BCUT2D eigenvalue weighted by atomic mass is 16.4. The Kier molecular flexibility index (Phi) is 6.59. The van der Waals surface area contributed by atoms with Gasteiger partial charge < -0.3 is 20.4 Å². The van der Waals surface area contributed by atoms with Crippen LogP contribution in [0.25, 0.3) is 0 Å². The molecule has 4 rings (SSSR count). The molecule has 0 aromatic carbocycles. The molecule has 0 saturated heterocycles. The Bertz CT molecular complexity index is 748. The molecule has 3 saturated carbocycles. The summed E-state index contributed by atoms with van der Waals surface area (Å²) in [5.74, 6) is 0.635. The lowest BCUT2D eigenvalue weighted by atomic mass is 9.46. The van der Waals surface area contributed by atoms with E-state index in [0.29, 0.717) is 36.0 Å². The van der Waals surface area contributed by atoms with Crippen molar-refractivity contribution in [3.05, 3.63) is 11.6 Å². The largest absolute Gasteiger partial charge is 0.481 e. The van der Waals surface area contributed by atoms with Gasteiger partial charge in [0.05, 0.1) is 24.2 Å². The second kappa shape index (κ2) is 8.70. The lowest BCUT2D eigenvalue weighted by molar-refractivity contribution is -0.145. The quantitative estimate of drug-likeness (QED) is 0.452. The van der Waals surface area contributed by atoms with E-state index in [2.05, 4.69) is 26.8 Å². The van der Waals surface area contributed by atoms with Crippen molar-refractivity contribution in [3.63, 3.8) is 0 Å². The zero-order chi connectivity index (χ0) is 23.4. The van der Waals surface area contributed by atoms with Crippen LogP contribution in [0.15, 0.2) is 11.6 Å². The predicted octanol–water partition coefficient (Wildman–Crippen LogP) is 4.40. The van der Waals surface area contributed by atoms with Gasteiger partial charge in [0.25, 0.3) is 0 Å². The van der Waals surface area contributed by atoms with Crippen LogP contribution < -0.4 is 0 Å². The molecule has 5 nitrogen and oxygen atoms in total. The van der Waals surface area contributed by atoms with Crippen molar-refractivity contribution >= 4 is 5.97 Å². The number of rotatable bonds is 6. The van der Waals surface area contributed by atoms with Crippen molar-refractivity contribution in [2.45, 2.75) is 104 Å². The second-order valence-electron chi connectivity index (χ2n) is 12.3. The average molecular weight is 449 g/mol. The molecule has 0 aliphatic heterocycles. The fourth-order valence-electron chi connectivity index (χ4n) is 8.65. The van der Waals surface area contributed by atoms with Crippen molar-refractivity contribution in [1.82, 2.24) is 0 Å². The van der Waals surface area contributed by atoms with Gasteiger partial charge in [0.1, 0.15) is 0 Å². The third-order valence-corrected chi connectivity index (χ3v) is 10.7. The number of carboxylic acids is 1. The van der Waals surface area contributed by atoms with Crippen LogP contribution in [0.5, 0.6) is 0 Å². The Morgan fingerprint density at radius 1 is 1.06 bits per heavy atom. The Morgan fingerprint density at radius 2 is 1.78 bits per heavy atom. The molecule has 0 amide bonds. The third kappa shape index (κ3) is 3.86. The van der Waals surface area contributed by atoms with Crippen LogP contribution in [0.2, 0.25) is 0 Å². The van der Waals surface area contributed by atoms with E-state index in [4.69, 9.17) is 0 Å². The molecular formula is C27H44O5. The number of aliphatic carboxylic acids is 1. The molecule has 182 valence electrons. The first kappa shape index (κ1) is 24.2. The zero-order valence-corrected chi connectivity index (χ0v) is 20.3. The van der Waals surface area contributed by atoms with Gasteiger partial charge in [0.15, 0.2) is 0 Å². The van der Waals surface area contributed by atoms with Gasteiger partial charge in [-0.2, -0.15) is 0 Å². The van der Waals surface area contributed by atoms with Gasteiger partial charge in [0.2, 0.25) is 0 Å². The van der Waals surface area contributed by atoms with Crippen molar-refractivity contribution < 1.29 is 25.2 Å². The minimum absolute atomic E-state index is 0.116. The molecule has 4 aliphatic rings. The van der Waals surface area contributed by atoms with E-state index in [1.807, 2.05) is 0 Å². The highest BCUT2D eigenvalue weighted by Crippen LogP contribution is 2.67. The monoisotopic (exact) mass is 448 g/mol.